The third-order valence-corrected chi connectivity index (χ3v) is 5.50. The van der Waals surface area contributed by atoms with Crippen molar-refractivity contribution < 1.29 is 0 Å². The minimum Gasteiger partial charge on any atom is -0.154 e. The average Bonchev–Trinajstić information content (AvgIpc) is 2.42. The molecule has 0 unspecified atom stereocenters. The highest BCUT2D eigenvalue weighted by molar-refractivity contribution is 7.99. The maximum absolute atomic E-state index is 2.39. The Balaban J connectivity index is 2.31. The van der Waals surface area contributed by atoms with Crippen LogP contribution < -0.4 is 0 Å². The Labute approximate surface area is 131 Å². The molecule has 0 aliphatic rings. The zero-order valence-corrected chi connectivity index (χ0v) is 14.5. The van der Waals surface area contributed by atoms with E-state index in [0.717, 1.165) is 11.5 Å². The largest absolute Gasteiger partial charge is 0.154 e. The topological polar surface area (TPSA) is 0 Å². The zero-order valence-electron chi connectivity index (χ0n) is 12.8. The Morgan fingerprint density at radius 1 is 0.750 bits per heavy atom. The third-order valence-electron chi connectivity index (χ3n) is 3.21. The van der Waals surface area contributed by atoms with Crippen LogP contribution in [0.1, 0.15) is 38.8 Å². The van der Waals surface area contributed by atoms with Crippen LogP contribution in [0, 0.1) is 0 Å². The Bertz CT molecular complexity index is 508. The van der Waals surface area contributed by atoms with Crippen molar-refractivity contribution in [3.8, 4) is 0 Å². The van der Waals surface area contributed by atoms with E-state index in [1.165, 1.54) is 21.9 Å². The third kappa shape index (κ3) is 4.46. The average molecular weight is 305 g/mol. The number of hydrogen-bond acceptors (Lipinski definition) is 2. The van der Waals surface area contributed by atoms with Gasteiger partial charge in [0, 0.05) is 11.5 Å². The van der Waals surface area contributed by atoms with Crippen molar-refractivity contribution in [2.45, 2.75) is 49.7 Å². The van der Waals surface area contributed by atoms with Crippen LogP contribution in [0.25, 0.3) is 10.8 Å². The van der Waals surface area contributed by atoms with Crippen LogP contribution in [0.15, 0.2) is 36.4 Å². The molecule has 2 heteroatoms. The Morgan fingerprint density at radius 2 is 1.15 bits per heavy atom. The van der Waals surface area contributed by atoms with Gasteiger partial charge in [-0.25, -0.2) is 0 Å². The molecule has 0 atom stereocenters. The molecule has 108 valence electrons. The maximum Gasteiger partial charge on any atom is 0.0190 e. The van der Waals surface area contributed by atoms with Crippen LogP contribution in [0.3, 0.4) is 0 Å². The lowest BCUT2D eigenvalue weighted by molar-refractivity contribution is 1.10. The van der Waals surface area contributed by atoms with Gasteiger partial charge < -0.3 is 0 Å². The molecule has 2 rings (SSSR count). The number of fused-ring (bicyclic) bond motifs is 1. The summed E-state index contributed by atoms with van der Waals surface area (Å²) in [6.07, 6.45) is 0. The molecule has 0 spiro atoms. The summed E-state index contributed by atoms with van der Waals surface area (Å²) in [6.45, 7) is 9.09. The number of hydrogen-bond donors (Lipinski definition) is 0. The van der Waals surface area contributed by atoms with E-state index in [4.69, 9.17) is 0 Å². The van der Waals surface area contributed by atoms with E-state index >= 15 is 0 Å². The van der Waals surface area contributed by atoms with Crippen LogP contribution in [0.4, 0.5) is 0 Å². The molecule has 2 aromatic rings. The Morgan fingerprint density at radius 3 is 1.50 bits per heavy atom. The molecule has 20 heavy (non-hydrogen) atoms. The van der Waals surface area contributed by atoms with Crippen LogP contribution in [0.2, 0.25) is 0 Å². The lowest BCUT2D eigenvalue weighted by Crippen LogP contribution is -1.97. The van der Waals surface area contributed by atoms with Gasteiger partial charge in [0.15, 0.2) is 0 Å². The summed E-state index contributed by atoms with van der Waals surface area (Å²) < 4.78 is 0. The van der Waals surface area contributed by atoms with Gasteiger partial charge in [-0.05, 0) is 32.4 Å². The second-order valence-electron chi connectivity index (χ2n) is 5.69. The first-order chi connectivity index (χ1) is 9.56. The summed E-state index contributed by atoms with van der Waals surface area (Å²) in [4.78, 5) is 0. The minimum atomic E-state index is 0.687. The number of benzene rings is 2. The van der Waals surface area contributed by atoms with E-state index in [9.17, 15) is 0 Å². The first-order valence-electron chi connectivity index (χ1n) is 7.30. The molecule has 0 fully saturated rings. The van der Waals surface area contributed by atoms with E-state index < -0.39 is 0 Å². The molecule has 0 amide bonds. The van der Waals surface area contributed by atoms with Crippen molar-refractivity contribution in [2.24, 2.45) is 0 Å². The predicted molar refractivity (Wildman–Crippen MR) is 96.8 cm³/mol. The fourth-order valence-electron chi connectivity index (χ4n) is 2.12. The van der Waals surface area contributed by atoms with Gasteiger partial charge in [0.2, 0.25) is 0 Å². The van der Waals surface area contributed by atoms with Gasteiger partial charge in [0.05, 0.1) is 0 Å². The normalized spacial score (nSPS) is 11.7. The van der Waals surface area contributed by atoms with E-state index in [-0.39, 0.29) is 0 Å². The molecule has 0 aromatic heterocycles. The summed E-state index contributed by atoms with van der Waals surface area (Å²) in [5.41, 5.74) is 3.02. The highest BCUT2D eigenvalue weighted by Crippen LogP contribution is 2.29. The first-order valence-corrected chi connectivity index (χ1v) is 9.39. The number of thioether (sulfide) groups is 2. The molecule has 0 aliphatic carbocycles. The van der Waals surface area contributed by atoms with Crippen molar-refractivity contribution in [3.05, 3.63) is 47.5 Å². The van der Waals surface area contributed by atoms with Crippen LogP contribution in [-0.2, 0) is 11.5 Å². The summed E-state index contributed by atoms with van der Waals surface area (Å²) in [5.74, 6) is 2.24. The summed E-state index contributed by atoms with van der Waals surface area (Å²) in [7, 11) is 0. The molecular weight excluding hydrogens is 280 g/mol. The zero-order chi connectivity index (χ0) is 14.5. The standard InChI is InChI=1S/C18H24S2/c1-13(2)19-11-17-9-15-7-5-6-8-16(15)10-18(17)12-20-14(3)4/h5-10,13-14H,11-12H2,1-4H3. The fourth-order valence-corrected chi connectivity index (χ4v) is 3.68. The van der Waals surface area contributed by atoms with Crippen molar-refractivity contribution in [1.29, 1.82) is 0 Å². The van der Waals surface area contributed by atoms with Gasteiger partial charge in [-0.2, -0.15) is 23.5 Å². The molecular formula is C18H24S2. The van der Waals surface area contributed by atoms with Gasteiger partial charge in [-0.1, -0.05) is 64.1 Å². The quantitative estimate of drug-likeness (QED) is 0.630. The van der Waals surface area contributed by atoms with Crippen molar-refractivity contribution >= 4 is 34.3 Å². The highest BCUT2D eigenvalue weighted by atomic mass is 32.2. The SMILES string of the molecule is CC(C)SCc1cc2ccccc2cc1CSC(C)C. The van der Waals surface area contributed by atoms with E-state index in [0.29, 0.717) is 10.5 Å². The van der Waals surface area contributed by atoms with Gasteiger partial charge in [-0.15, -0.1) is 0 Å². The fraction of sp³-hybridized carbons (Fsp3) is 0.444. The predicted octanol–water partition coefficient (Wildman–Crippen LogP) is 6.12. The molecule has 0 heterocycles. The van der Waals surface area contributed by atoms with Crippen LogP contribution in [-0.4, -0.2) is 10.5 Å². The molecule has 0 aliphatic heterocycles. The van der Waals surface area contributed by atoms with Gasteiger partial charge in [0.25, 0.3) is 0 Å². The molecule has 0 nitrogen and oxygen atoms in total. The first kappa shape index (κ1) is 15.8. The van der Waals surface area contributed by atoms with E-state index in [1.807, 2.05) is 23.5 Å². The molecule has 0 saturated carbocycles. The second-order valence-corrected chi connectivity index (χ2v) is 8.82. The van der Waals surface area contributed by atoms with Crippen molar-refractivity contribution in [3.63, 3.8) is 0 Å². The Kier molecular flexibility index (Phi) is 5.86. The van der Waals surface area contributed by atoms with Crippen molar-refractivity contribution in [2.75, 3.05) is 0 Å². The lowest BCUT2D eigenvalue weighted by Gasteiger charge is -2.14. The summed E-state index contributed by atoms with van der Waals surface area (Å²) in [6, 6.07) is 13.5. The van der Waals surface area contributed by atoms with Crippen LogP contribution in [0.5, 0.6) is 0 Å². The molecule has 0 N–H and O–H groups in total. The van der Waals surface area contributed by atoms with E-state index in [2.05, 4.69) is 64.1 Å². The highest BCUT2D eigenvalue weighted by Gasteiger charge is 2.08. The smallest absolute Gasteiger partial charge is 0.0190 e. The van der Waals surface area contributed by atoms with Crippen molar-refractivity contribution in [1.82, 2.24) is 0 Å². The van der Waals surface area contributed by atoms with Gasteiger partial charge in [-0.3, -0.25) is 0 Å². The second kappa shape index (κ2) is 7.42. The van der Waals surface area contributed by atoms with E-state index in [1.54, 1.807) is 0 Å². The molecule has 2 aromatic carbocycles. The Hall–Kier alpha value is -0.600. The summed E-state index contributed by atoms with van der Waals surface area (Å²) >= 11 is 4.06. The minimum absolute atomic E-state index is 0.687. The number of rotatable bonds is 6. The molecule has 0 radical (unpaired) electrons. The molecule has 0 saturated heterocycles. The lowest BCUT2D eigenvalue weighted by atomic mass is 10.0. The monoisotopic (exact) mass is 304 g/mol. The van der Waals surface area contributed by atoms with Gasteiger partial charge in [0.1, 0.15) is 0 Å². The summed E-state index contributed by atoms with van der Waals surface area (Å²) in [5, 5.41) is 4.11. The molecule has 0 bridgehead atoms. The van der Waals surface area contributed by atoms with Gasteiger partial charge >= 0.3 is 0 Å². The van der Waals surface area contributed by atoms with Crippen LogP contribution >= 0.6 is 23.5 Å². The maximum atomic E-state index is 2.39.